The maximum absolute atomic E-state index is 13.6. The smallest absolute Gasteiger partial charge is 0.361 e. The Kier molecular flexibility index (Phi) is 3.98. The van der Waals surface area contributed by atoms with Crippen LogP contribution < -0.4 is 9.64 Å². The highest BCUT2D eigenvalue weighted by atomic mass is 16.5. The zero-order valence-electron chi connectivity index (χ0n) is 15.8. The summed E-state index contributed by atoms with van der Waals surface area (Å²) in [6, 6.07) is 14.4. The van der Waals surface area contributed by atoms with E-state index < -0.39 is 34.8 Å². The summed E-state index contributed by atoms with van der Waals surface area (Å²) in [6.45, 7) is 0. The lowest BCUT2D eigenvalue weighted by Crippen LogP contribution is -2.52. The predicted octanol–water partition coefficient (Wildman–Crippen LogP) is 2.19. The molecule has 2 aromatic carbocycles. The van der Waals surface area contributed by atoms with Gasteiger partial charge in [-0.2, -0.15) is 0 Å². The quantitative estimate of drug-likeness (QED) is 0.479. The molecule has 0 spiro atoms. The molecule has 7 heteroatoms. The average molecular weight is 403 g/mol. The largest absolute Gasteiger partial charge is 0.420 e. The van der Waals surface area contributed by atoms with Gasteiger partial charge < -0.3 is 9.84 Å². The van der Waals surface area contributed by atoms with E-state index in [2.05, 4.69) is 0 Å². The van der Waals surface area contributed by atoms with Crippen LogP contribution in [0.3, 0.4) is 0 Å². The highest BCUT2D eigenvalue weighted by molar-refractivity contribution is 6.29. The number of amides is 1. The van der Waals surface area contributed by atoms with Crippen LogP contribution in [0.4, 0.5) is 5.69 Å². The maximum Gasteiger partial charge on any atom is 0.361 e. The molecule has 2 unspecified atom stereocenters. The van der Waals surface area contributed by atoms with E-state index in [1.807, 2.05) is 0 Å². The van der Waals surface area contributed by atoms with E-state index in [9.17, 15) is 24.3 Å². The molecule has 2 aromatic rings. The van der Waals surface area contributed by atoms with Gasteiger partial charge in [-0.1, -0.05) is 42.5 Å². The normalized spacial score (nSPS) is 25.3. The van der Waals surface area contributed by atoms with Crippen molar-refractivity contribution in [1.29, 1.82) is 0 Å². The van der Waals surface area contributed by atoms with Crippen LogP contribution in [0.25, 0.3) is 0 Å². The molecular formula is C23H17NO6. The third kappa shape index (κ3) is 2.35. The number of fused-ring (bicyclic) bond motifs is 3. The summed E-state index contributed by atoms with van der Waals surface area (Å²) in [7, 11) is 0. The van der Waals surface area contributed by atoms with Crippen molar-refractivity contribution in [2.45, 2.75) is 24.9 Å². The fourth-order valence-corrected chi connectivity index (χ4v) is 4.57. The van der Waals surface area contributed by atoms with Crippen molar-refractivity contribution >= 4 is 29.1 Å². The Balaban J connectivity index is 1.78. The Morgan fingerprint density at radius 1 is 1.03 bits per heavy atom. The number of hydrogen-bond donors (Lipinski definition) is 1. The van der Waals surface area contributed by atoms with Crippen LogP contribution in [0.2, 0.25) is 0 Å². The number of benzene rings is 2. The number of rotatable bonds is 3. The van der Waals surface area contributed by atoms with Crippen molar-refractivity contribution in [2.75, 3.05) is 4.90 Å². The summed E-state index contributed by atoms with van der Waals surface area (Å²) < 4.78 is 5.35. The molecule has 1 aliphatic carbocycles. The first-order valence-electron chi connectivity index (χ1n) is 9.70. The number of aliphatic hydroxyl groups is 1. The number of nitrogens with zero attached hydrogens (tertiary/aromatic N) is 1. The number of ketones is 2. The molecule has 1 saturated carbocycles. The SMILES string of the molecule is O=C1Oc2ccccc2N2C(=O)C(O)(C3CCCC3=O)C(C(=O)c3ccccc3)=C12. The lowest BCUT2D eigenvalue weighted by atomic mass is 9.77. The van der Waals surface area contributed by atoms with Crippen LogP contribution in [0.1, 0.15) is 29.6 Å². The zero-order chi connectivity index (χ0) is 21.0. The second kappa shape index (κ2) is 6.47. The topological polar surface area (TPSA) is 101 Å². The molecule has 2 heterocycles. The molecule has 0 radical (unpaired) electrons. The van der Waals surface area contributed by atoms with Crippen molar-refractivity contribution < 1.29 is 29.0 Å². The lowest BCUT2D eigenvalue weighted by molar-refractivity contribution is -0.142. The molecule has 2 atom stereocenters. The Morgan fingerprint density at radius 2 is 1.73 bits per heavy atom. The van der Waals surface area contributed by atoms with Gasteiger partial charge in [0.25, 0.3) is 5.91 Å². The first kappa shape index (κ1) is 18.4. The Hall–Kier alpha value is -3.58. The maximum atomic E-state index is 13.6. The number of esters is 1. The van der Waals surface area contributed by atoms with Gasteiger partial charge in [0.2, 0.25) is 0 Å². The minimum absolute atomic E-state index is 0.146. The summed E-state index contributed by atoms with van der Waals surface area (Å²) in [6.07, 6.45) is 0.968. The van der Waals surface area contributed by atoms with Gasteiger partial charge >= 0.3 is 5.97 Å². The summed E-state index contributed by atoms with van der Waals surface area (Å²) in [4.78, 5) is 53.5. The molecular weight excluding hydrogens is 386 g/mol. The average Bonchev–Trinajstić information content (AvgIpc) is 3.29. The van der Waals surface area contributed by atoms with Crippen molar-refractivity contribution in [2.24, 2.45) is 5.92 Å². The monoisotopic (exact) mass is 403 g/mol. The fourth-order valence-electron chi connectivity index (χ4n) is 4.57. The summed E-state index contributed by atoms with van der Waals surface area (Å²) in [5, 5.41) is 11.7. The highest BCUT2D eigenvalue weighted by Crippen LogP contribution is 2.50. The van der Waals surface area contributed by atoms with Crippen molar-refractivity contribution in [1.82, 2.24) is 0 Å². The molecule has 0 bridgehead atoms. The van der Waals surface area contributed by atoms with Gasteiger partial charge in [0, 0.05) is 12.0 Å². The molecule has 150 valence electrons. The van der Waals surface area contributed by atoms with Crippen LogP contribution in [0.15, 0.2) is 65.9 Å². The van der Waals surface area contributed by atoms with Gasteiger partial charge in [-0.3, -0.25) is 19.3 Å². The van der Waals surface area contributed by atoms with Gasteiger partial charge in [0.1, 0.15) is 11.5 Å². The first-order valence-corrected chi connectivity index (χ1v) is 9.70. The van der Waals surface area contributed by atoms with Crippen LogP contribution >= 0.6 is 0 Å². The number of hydrogen-bond acceptors (Lipinski definition) is 6. The van der Waals surface area contributed by atoms with Gasteiger partial charge in [-0.05, 0) is 25.0 Å². The number of carbonyl (C=O) groups is 4. The van der Waals surface area contributed by atoms with Gasteiger partial charge in [0.05, 0.1) is 17.2 Å². The third-order valence-electron chi connectivity index (χ3n) is 5.94. The third-order valence-corrected chi connectivity index (χ3v) is 5.94. The van der Waals surface area contributed by atoms with Gasteiger partial charge in [0.15, 0.2) is 17.1 Å². The van der Waals surface area contributed by atoms with E-state index in [0.29, 0.717) is 6.42 Å². The van der Waals surface area contributed by atoms with Crippen molar-refractivity contribution in [3.8, 4) is 5.75 Å². The second-order valence-electron chi connectivity index (χ2n) is 7.59. The molecule has 5 rings (SSSR count). The number of para-hydroxylation sites is 2. The Morgan fingerprint density at radius 3 is 2.43 bits per heavy atom. The van der Waals surface area contributed by atoms with E-state index in [-0.39, 0.29) is 41.3 Å². The molecule has 0 aromatic heterocycles. The predicted molar refractivity (Wildman–Crippen MR) is 105 cm³/mol. The molecule has 1 fully saturated rings. The molecule has 0 saturated heterocycles. The van der Waals surface area contributed by atoms with Crippen molar-refractivity contribution in [3.63, 3.8) is 0 Å². The van der Waals surface area contributed by atoms with E-state index in [1.54, 1.807) is 36.4 Å². The van der Waals surface area contributed by atoms with Crippen molar-refractivity contribution in [3.05, 3.63) is 71.4 Å². The Bertz CT molecular complexity index is 1150. The fraction of sp³-hybridized carbons (Fsp3) is 0.217. The molecule has 2 aliphatic heterocycles. The number of carbonyl (C=O) groups excluding carboxylic acids is 4. The standard InChI is InChI=1S/C23H17NO6/c25-16-11-6-9-14(16)23(29)18(20(26)13-7-2-1-3-8-13)19-21(27)30-17-12-5-4-10-15(17)24(19)22(23)28/h1-5,7-8,10,12,14,29H,6,9,11H2. The van der Waals surface area contributed by atoms with Gasteiger partial charge in [-0.15, -0.1) is 0 Å². The van der Waals surface area contributed by atoms with Crippen LogP contribution in [0.5, 0.6) is 5.75 Å². The lowest BCUT2D eigenvalue weighted by Gasteiger charge is -2.30. The molecule has 1 N–H and O–H groups in total. The number of anilines is 1. The minimum atomic E-state index is -2.42. The summed E-state index contributed by atoms with van der Waals surface area (Å²) in [5.41, 5.74) is -2.69. The molecule has 1 amide bonds. The van der Waals surface area contributed by atoms with E-state index in [4.69, 9.17) is 4.74 Å². The summed E-state index contributed by atoms with van der Waals surface area (Å²) >= 11 is 0. The Labute approximate surface area is 171 Å². The van der Waals surface area contributed by atoms with Crippen LogP contribution in [0, 0.1) is 5.92 Å². The second-order valence-corrected chi connectivity index (χ2v) is 7.59. The first-order chi connectivity index (χ1) is 14.4. The minimum Gasteiger partial charge on any atom is -0.420 e. The molecule has 7 nitrogen and oxygen atoms in total. The van der Waals surface area contributed by atoms with E-state index >= 15 is 0 Å². The van der Waals surface area contributed by atoms with Crippen LogP contribution in [-0.4, -0.2) is 34.2 Å². The highest BCUT2D eigenvalue weighted by Gasteiger charge is 2.63. The summed E-state index contributed by atoms with van der Waals surface area (Å²) in [5.74, 6) is -3.71. The van der Waals surface area contributed by atoms with E-state index in [0.717, 1.165) is 4.90 Å². The zero-order valence-corrected chi connectivity index (χ0v) is 15.8. The molecule has 3 aliphatic rings. The van der Waals surface area contributed by atoms with Crippen LogP contribution in [-0.2, 0) is 14.4 Å². The molecule has 30 heavy (non-hydrogen) atoms. The van der Waals surface area contributed by atoms with Gasteiger partial charge in [-0.25, -0.2) is 4.79 Å². The van der Waals surface area contributed by atoms with E-state index in [1.165, 1.54) is 18.2 Å². The number of Topliss-reactive ketones (excluding diaryl/α,β-unsaturated/α-hetero) is 2. The number of ether oxygens (including phenoxy) is 1.